The van der Waals surface area contributed by atoms with E-state index >= 15 is 0 Å². The largest absolute Gasteiger partial charge is 0.393 e. The summed E-state index contributed by atoms with van der Waals surface area (Å²) in [5, 5.41) is 0. The van der Waals surface area contributed by atoms with Gasteiger partial charge in [0.1, 0.15) is 6.42 Å². The normalized spacial score (nSPS) is 9.79. The molecular weight excluding hydrogens is 252 g/mol. The highest BCUT2D eigenvalue weighted by Gasteiger charge is 2.18. The van der Waals surface area contributed by atoms with Gasteiger partial charge < -0.3 is 9.47 Å². The molecule has 0 aliphatic heterocycles. The molecule has 0 aromatic heterocycles. The van der Waals surface area contributed by atoms with Crippen LogP contribution in [-0.2, 0) is 28.7 Å². The lowest BCUT2D eigenvalue weighted by Crippen LogP contribution is -2.19. The molecule has 6 heteroatoms. The molecule has 0 saturated carbocycles. The molecule has 108 valence electrons. The average Bonchev–Trinajstić information content (AvgIpc) is 2.33. The van der Waals surface area contributed by atoms with Crippen molar-refractivity contribution in [3.05, 3.63) is 0 Å². The quantitative estimate of drug-likeness (QED) is 0.495. The number of hydrogen-bond acceptors (Lipinski definition) is 6. The van der Waals surface area contributed by atoms with E-state index in [4.69, 9.17) is 0 Å². The van der Waals surface area contributed by atoms with E-state index in [0.717, 1.165) is 12.8 Å². The van der Waals surface area contributed by atoms with Crippen molar-refractivity contribution in [3.63, 3.8) is 0 Å². The SMILES string of the molecule is CCCCC(=O)OC(=O)CC(=O)OC(=O)CCCC. The molecule has 0 heterocycles. The lowest BCUT2D eigenvalue weighted by molar-refractivity contribution is -0.165. The Morgan fingerprint density at radius 2 is 1.05 bits per heavy atom. The highest BCUT2D eigenvalue weighted by atomic mass is 16.6. The zero-order valence-electron chi connectivity index (χ0n) is 11.4. The molecule has 0 spiro atoms. The summed E-state index contributed by atoms with van der Waals surface area (Å²) in [7, 11) is 0. The van der Waals surface area contributed by atoms with E-state index in [1.807, 2.05) is 13.8 Å². The first kappa shape index (κ1) is 17.3. The fourth-order valence-electron chi connectivity index (χ4n) is 1.19. The zero-order valence-corrected chi connectivity index (χ0v) is 11.4. The lowest BCUT2D eigenvalue weighted by atomic mass is 10.2. The molecule has 0 bridgehead atoms. The average molecular weight is 272 g/mol. The molecule has 0 saturated heterocycles. The molecule has 0 fully saturated rings. The third-order valence-electron chi connectivity index (χ3n) is 2.21. The third kappa shape index (κ3) is 9.93. The molecular formula is C13H20O6. The van der Waals surface area contributed by atoms with E-state index in [2.05, 4.69) is 9.47 Å². The van der Waals surface area contributed by atoms with E-state index in [1.165, 1.54) is 0 Å². The number of carbonyl (C=O) groups excluding carboxylic acids is 4. The van der Waals surface area contributed by atoms with Gasteiger partial charge in [-0.2, -0.15) is 0 Å². The van der Waals surface area contributed by atoms with Crippen LogP contribution in [0.2, 0.25) is 0 Å². The summed E-state index contributed by atoms with van der Waals surface area (Å²) in [6.45, 7) is 3.79. The summed E-state index contributed by atoms with van der Waals surface area (Å²) < 4.78 is 8.79. The van der Waals surface area contributed by atoms with Crippen LogP contribution < -0.4 is 0 Å². The molecule has 0 aromatic rings. The topological polar surface area (TPSA) is 86.7 Å². The Kier molecular flexibility index (Phi) is 9.30. The van der Waals surface area contributed by atoms with Crippen molar-refractivity contribution in [3.8, 4) is 0 Å². The third-order valence-corrected chi connectivity index (χ3v) is 2.21. The molecule has 0 amide bonds. The number of hydrogen-bond donors (Lipinski definition) is 0. The Morgan fingerprint density at radius 3 is 1.37 bits per heavy atom. The second-order valence-corrected chi connectivity index (χ2v) is 4.08. The molecule has 0 unspecified atom stereocenters. The summed E-state index contributed by atoms with van der Waals surface area (Å²) in [6, 6.07) is 0. The van der Waals surface area contributed by atoms with Gasteiger partial charge in [0.2, 0.25) is 0 Å². The Hall–Kier alpha value is -1.72. The summed E-state index contributed by atoms with van der Waals surface area (Å²) in [5.74, 6) is -3.32. The van der Waals surface area contributed by atoms with Crippen LogP contribution in [0.5, 0.6) is 0 Å². The fraction of sp³-hybridized carbons (Fsp3) is 0.692. The first-order valence-corrected chi connectivity index (χ1v) is 6.46. The van der Waals surface area contributed by atoms with Gasteiger partial charge in [0.25, 0.3) is 0 Å². The highest BCUT2D eigenvalue weighted by Crippen LogP contribution is 2.01. The minimum absolute atomic E-state index is 0.132. The Labute approximate surface area is 112 Å². The molecule has 0 aliphatic carbocycles. The van der Waals surface area contributed by atoms with Crippen molar-refractivity contribution in [2.24, 2.45) is 0 Å². The lowest BCUT2D eigenvalue weighted by Gasteiger charge is -2.03. The van der Waals surface area contributed by atoms with Crippen LogP contribution in [0.3, 0.4) is 0 Å². The predicted molar refractivity (Wildman–Crippen MR) is 65.9 cm³/mol. The first-order valence-electron chi connectivity index (χ1n) is 6.46. The number of esters is 4. The standard InChI is InChI=1S/C13H20O6/c1-3-5-7-10(14)18-12(16)9-13(17)19-11(15)8-6-4-2/h3-9H2,1-2H3. The maximum atomic E-state index is 11.2. The van der Waals surface area contributed by atoms with E-state index in [0.29, 0.717) is 12.8 Å². The number of unbranched alkanes of at least 4 members (excludes halogenated alkanes) is 2. The van der Waals surface area contributed by atoms with Crippen LogP contribution in [0, 0.1) is 0 Å². The Morgan fingerprint density at radius 1 is 0.684 bits per heavy atom. The van der Waals surface area contributed by atoms with Crippen molar-refractivity contribution < 1.29 is 28.7 Å². The van der Waals surface area contributed by atoms with Crippen molar-refractivity contribution >= 4 is 23.9 Å². The molecule has 0 radical (unpaired) electrons. The van der Waals surface area contributed by atoms with Gasteiger partial charge in [-0.25, -0.2) is 0 Å². The summed E-state index contributed by atoms with van der Waals surface area (Å²) in [4.78, 5) is 44.5. The van der Waals surface area contributed by atoms with Gasteiger partial charge in [-0.15, -0.1) is 0 Å². The van der Waals surface area contributed by atoms with Gasteiger partial charge >= 0.3 is 23.9 Å². The van der Waals surface area contributed by atoms with Gasteiger partial charge in [-0.3, -0.25) is 19.2 Å². The number of rotatable bonds is 8. The van der Waals surface area contributed by atoms with Gasteiger partial charge in [-0.05, 0) is 12.8 Å². The minimum Gasteiger partial charge on any atom is -0.393 e. The molecule has 0 aromatic carbocycles. The number of ether oxygens (including phenoxy) is 2. The molecule has 6 nitrogen and oxygen atoms in total. The molecule has 0 aliphatic rings. The van der Waals surface area contributed by atoms with Crippen molar-refractivity contribution in [2.75, 3.05) is 0 Å². The van der Waals surface area contributed by atoms with Crippen LogP contribution in [0.1, 0.15) is 58.8 Å². The Bertz CT molecular complexity index is 302. The first-order chi connectivity index (χ1) is 8.99. The summed E-state index contributed by atoms with van der Waals surface area (Å²) in [6.07, 6.45) is 2.38. The number of carbonyl (C=O) groups is 4. The van der Waals surface area contributed by atoms with E-state index in [1.54, 1.807) is 0 Å². The molecule has 0 N–H and O–H groups in total. The second kappa shape index (κ2) is 10.2. The molecule has 0 rings (SSSR count). The van der Waals surface area contributed by atoms with E-state index < -0.39 is 30.3 Å². The smallest absolute Gasteiger partial charge is 0.324 e. The second-order valence-electron chi connectivity index (χ2n) is 4.08. The van der Waals surface area contributed by atoms with Crippen LogP contribution in [0.4, 0.5) is 0 Å². The van der Waals surface area contributed by atoms with Crippen molar-refractivity contribution in [2.45, 2.75) is 58.8 Å². The Balaban J connectivity index is 3.89. The maximum absolute atomic E-state index is 11.2. The minimum atomic E-state index is -0.991. The monoisotopic (exact) mass is 272 g/mol. The van der Waals surface area contributed by atoms with E-state index in [9.17, 15) is 19.2 Å². The predicted octanol–water partition coefficient (Wildman–Crippen LogP) is 1.90. The van der Waals surface area contributed by atoms with E-state index in [-0.39, 0.29) is 12.8 Å². The van der Waals surface area contributed by atoms with Crippen molar-refractivity contribution in [1.82, 2.24) is 0 Å². The van der Waals surface area contributed by atoms with Crippen LogP contribution in [0.25, 0.3) is 0 Å². The highest BCUT2D eigenvalue weighted by molar-refractivity contribution is 5.99. The van der Waals surface area contributed by atoms with Crippen LogP contribution in [0.15, 0.2) is 0 Å². The van der Waals surface area contributed by atoms with Crippen molar-refractivity contribution in [1.29, 1.82) is 0 Å². The zero-order chi connectivity index (χ0) is 14.7. The van der Waals surface area contributed by atoms with Crippen LogP contribution >= 0.6 is 0 Å². The van der Waals surface area contributed by atoms with Gasteiger partial charge in [0, 0.05) is 12.8 Å². The molecule has 0 atom stereocenters. The van der Waals surface area contributed by atoms with Crippen LogP contribution in [-0.4, -0.2) is 23.9 Å². The fourth-order valence-corrected chi connectivity index (χ4v) is 1.19. The summed E-state index contributed by atoms with van der Waals surface area (Å²) >= 11 is 0. The summed E-state index contributed by atoms with van der Waals surface area (Å²) in [5.41, 5.74) is 0. The maximum Gasteiger partial charge on any atom is 0.324 e. The van der Waals surface area contributed by atoms with Gasteiger partial charge in [-0.1, -0.05) is 26.7 Å². The van der Waals surface area contributed by atoms with Gasteiger partial charge in [0.15, 0.2) is 0 Å². The molecule has 19 heavy (non-hydrogen) atoms. The van der Waals surface area contributed by atoms with Gasteiger partial charge in [0.05, 0.1) is 0 Å².